The van der Waals surface area contributed by atoms with Crippen LogP contribution in [0.15, 0.2) is 45.8 Å². The Morgan fingerprint density at radius 3 is 2.30 bits per heavy atom. The number of alkyl halides is 3. The number of rotatable bonds is 3. The molecule has 3 nitrogen and oxygen atoms in total. The van der Waals surface area contributed by atoms with Gasteiger partial charge in [0, 0.05) is 0 Å². The molecule has 2 aromatic carbocycles. The highest BCUT2D eigenvalue weighted by molar-refractivity contribution is 9.10. The molecule has 124 valence electrons. The van der Waals surface area contributed by atoms with Gasteiger partial charge in [0.25, 0.3) is 10.0 Å². The summed E-state index contributed by atoms with van der Waals surface area (Å²) in [6, 6.07) is 5.29. The molecule has 0 aliphatic heterocycles. The van der Waals surface area contributed by atoms with Gasteiger partial charge >= 0.3 is 6.18 Å². The standard InChI is InChI=1S/C13H7BrClF4NO2S/c14-9-3-2-8(6-11(9)16)20-23(21,22)12-5-7(13(17,18)19)1-4-10(12)15/h1-6,20H. The van der Waals surface area contributed by atoms with Crippen molar-refractivity contribution in [3.63, 3.8) is 0 Å². The minimum Gasteiger partial charge on any atom is -0.279 e. The van der Waals surface area contributed by atoms with Gasteiger partial charge in [0.2, 0.25) is 0 Å². The second-order valence-corrected chi connectivity index (χ2v) is 7.29. The van der Waals surface area contributed by atoms with E-state index in [-0.39, 0.29) is 15.2 Å². The van der Waals surface area contributed by atoms with Crippen LogP contribution in [0.2, 0.25) is 5.02 Å². The Balaban J connectivity index is 2.45. The maximum atomic E-state index is 13.4. The van der Waals surface area contributed by atoms with Gasteiger partial charge in [-0.2, -0.15) is 13.2 Å². The van der Waals surface area contributed by atoms with E-state index in [0.29, 0.717) is 12.1 Å². The van der Waals surface area contributed by atoms with E-state index >= 15 is 0 Å². The first-order chi connectivity index (χ1) is 10.5. The fourth-order valence-electron chi connectivity index (χ4n) is 1.66. The number of sulfonamides is 1. The van der Waals surface area contributed by atoms with Crippen molar-refractivity contribution in [1.29, 1.82) is 0 Å². The zero-order valence-corrected chi connectivity index (χ0v) is 14.1. The minimum atomic E-state index is -4.72. The van der Waals surface area contributed by atoms with Crippen LogP contribution in [0, 0.1) is 5.82 Å². The fourth-order valence-corrected chi connectivity index (χ4v) is 3.48. The number of hydrogen-bond acceptors (Lipinski definition) is 2. The van der Waals surface area contributed by atoms with Crippen LogP contribution in [-0.4, -0.2) is 8.42 Å². The van der Waals surface area contributed by atoms with Crippen molar-refractivity contribution in [3.8, 4) is 0 Å². The summed E-state index contributed by atoms with van der Waals surface area (Å²) in [4.78, 5) is -0.752. The van der Waals surface area contributed by atoms with Gasteiger partial charge in [-0.05, 0) is 52.3 Å². The molecule has 0 fully saturated rings. The Morgan fingerprint density at radius 1 is 1.09 bits per heavy atom. The van der Waals surface area contributed by atoms with E-state index in [1.807, 2.05) is 4.72 Å². The molecule has 0 unspecified atom stereocenters. The highest BCUT2D eigenvalue weighted by Gasteiger charge is 2.32. The molecule has 23 heavy (non-hydrogen) atoms. The number of nitrogens with one attached hydrogen (secondary N) is 1. The van der Waals surface area contributed by atoms with E-state index in [2.05, 4.69) is 15.9 Å². The summed E-state index contributed by atoms with van der Waals surface area (Å²) in [6.45, 7) is 0. The number of halogens is 6. The Hall–Kier alpha value is -1.32. The van der Waals surface area contributed by atoms with Gasteiger partial charge in [-0.3, -0.25) is 4.72 Å². The summed E-state index contributed by atoms with van der Waals surface area (Å²) in [7, 11) is -4.42. The molecule has 0 bridgehead atoms. The van der Waals surface area contributed by atoms with Gasteiger partial charge in [-0.25, -0.2) is 12.8 Å². The first kappa shape index (κ1) is 18.0. The maximum absolute atomic E-state index is 13.4. The number of hydrogen-bond donors (Lipinski definition) is 1. The van der Waals surface area contributed by atoms with Crippen LogP contribution in [0.5, 0.6) is 0 Å². The summed E-state index contributed by atoms with van der Waals surface area (Å²) < 4.78 is 78.0. The van der Waals surface area contributed by atoms with Gasteiger partial charge in [-0.15, -0.1) is 0 Å². The highest BCUT2D eigenvalue weighted by atomic mass is 79.9. The lowest BCUT2D eigenvalue weighted by molar-refractivity contribution is -0.137. The van der Waals surface area contributed by atoms with Crippen molar-refractivity contribution >= 4 is 43.2 Å². The molecule has 0 heterocycles. The van der Waals surface area contributed by atoms with E-state index in [1.54, 1.807) is 0 Å². The lowest BCUT2D eigenvalue weighted by Crippen LogP contribution is -2.15. The fraction of sp³-hybridized carbons (Fsp3) is 0.0769. The molecule has 2 aromatic rings. The quantitative estimate of drug-likeness (QED) is 0.689. The van der Waals surface area contributed by atoms with Gasteiger partial charge in [-0.1, -0.05) is 11.6 Å². The average Bonchev–Trinajstić information content (AvgIpc) is 2.41. The van der Waals surface area contributed by atoms with Crippen LogP contribution >= 0.6 is 27.5 Å². The van der Waals surface area contributed by atoms with E-state index in [1.165, 1.54) is 12.1 Å². The summed E-state index contributed by atoms with van der Waals surface area (Å²) in [5.74, 6) is -0.736. The summed E-state index contributed by atoms with van der Waals surface area (Å²) in [5.41, 5.74) is -1.32. The van der Waals surface area contributed by atoms with Crippen molar-refractivity contribution in [2.75, 3.05) is 4.72 Å². The van der Waals surface area contributed by atoms with Crippen molar-refractivity contribution in [3.05, 3.63) is 57.3 Å². The highest BCUT2D eigenvalue weighted by Crippen LogP contribution is 2.34. The van der Waals surface area contributed by atoms with Crippen molar-refractivity contribution in [2.24, 2.45) is 0 Å². The first-order valence-corrected chi connectivity index (χ1v) is 8.51. The predicted molar refractivity (Wildman–Crippen MR) is 81.4 cm³/mol. The van der Waals surface area contributed by atoms with Crippen LogP contribution in [0.25, 0.3) is 0 Å². The molecule has 0 aromatic heterocycles. The van der Waals surface area contributed by atoms with Gasteiger partial charge in [0.1, 0.15) is 10.7 Å². The van der Waals surface area contributed by atoms with E-state index < -0.39 is 32.5 Å². The normalized spacial score (nSPS) is 12.3. The van der Waals surface area contributed by atoms with E-state index in [0.717, 1.165) is 12.1 Å². The van der Waals surface area contributed by atoms with Crippen LogP contribution < -0.4 is 4.72 Å². The summed E-state index contributed by atoms with van der Waals surface area (Å²) in [6.07, 6.45) is -4.72. The van der Waals surface area contributed by atoms with Crippen LogP contribution in [0.3, 0.4) is 0 Å². The topological polar surface area (TPSA) is 46.2 Å². The molecule has 0 radical (unpaired) electrons. The second kappa shape index (κ2) is 6.29. The smallest absolute Gasteiger partial charge is 0.279 e. The molecule has 0 aliphatic carbocycles. The van der Waals surface area contributed by atoms with Crippen molar-refractivity contribution < 1.29 is 26.0 Å². The van der Waals surface area contributed by atoms with Crippen molar-refractivity contribution in [1.82, 2.24) is 0 Å². The SMILES string of the molecule is O=S(=O)(Nc1ccc(Br)c(F)c1)c1cc(C(F)(F)F)ccc1Cl. The van der Waals surface area contributed by atoms with Crippen LogP contribution in [0.1, 0.15) is 5.56 Å². The minimum absolute atomic E-state index is 0.109. The third-order valence-electron chi connectivity index (χ3n) is 2.72. The molecule has 2 rings (SSSR count). The predicted octanol–water partition coefficient (Wildman–Crippen LogP) is 5.06. The molecule has 0 saturated carbocycles. The lowest BCUT2D eigenvalue weighted by atomic mass is 10.2. The second-order valence-electron chi connectivity index (χ2n) is 4.38. The molecule has 10 heteroatoms. The molecule has 0 spiro atoms. The third-order valence-corrected chi connectivity index (χ3v) is 5.23. The molecule has 1 N–H and O–H groups in total. The zero-order valence-electron chi connectivity index (χ0n) is 11.0. The number of benzene rings is 2. The molecular weight excluding hydrogens is 426 g/mol. The molecular formula is C13H7BrClF4NO2S. The largest absolute Gasteiger partial charge is 0.416 e. The molecule has 0 amide bonds. The number of anilines is 1. The Kier molecular flexibility index (Phi) is 4.93. The Bertz CT molecular complexity index is 856. The Morgan fingerprint density at radius 2 is 1.74 bits per heavy atom. The van der Waals surface area contributed by atoms with Gasteiger partial charge < -0.3 is 0 Å². The third kappa shape index (κ3) is 4.15. The summed E-state index contributed by atoms with van der Waals surface area (Å²) in [5, 5.41) is -0.386. The summed E-state index contributed by atoms with van der Waals surface area (Å²) >= 11 is 8.58. The molecule has 0 atom stereocenters. The molecule has 0 saturated heterocycles. The lowest BCUT2D eigenvalue weighted by Gasteiger charge is -2.12. The Labute approximate surface area is 142 Å². The monoisotopic (exact) mass is 431 g/mol. The van der Waals surface area contributed by atoms with Crippen molar-refractivity contribution in [2.45, 2.75) is 11.1 Å². The first-order valence-electron chi connectivity index (χ1n) is 5.85. The molecule has 0 aliphatic rings. The van der Waals surface area contributed by atoms with E-state index in [9.17, 15) is 26.0 Å². The van der Waals surface area contributed by atoms with E-state index in [4.69, 9.17) is 11.6 Å². The van der Waals surface area contributed by atoms with Gasteiger partial charge in [0.15, 0.2) is 0 Å². The van der Waals surface area contributed by atoms with Gasteiger partial charge in [0.05, 0.1) is 20.7 Å². The van der Waals surface area contributed by atoms with Crippen LogP contribution in [-0.2, 0) is 16.2 Å². The van der Waals surface area contributed by atoms with Crippen LogP contribution in [0.4, 0.5) is 23.2 Å². The average molecular weight is 433 g/mol. The zero-order chi connectivity index (χ0) is 17.4. The maximum Gasteiger partial charge on any atom is 0.416 e.